The van der Waals surface area contributed by atoms with Crippen molar-refractivity contribution in [3.8, 4) is 0 Å². The van der Waals surface area contributed by atoms with Crippen molar-refractivity contribution in [3.05, 3.63) is 30.1 Å². The first-order valence-electron chi connectivity index (χ1n) is 6.85. The molecule has 2 rings (SSSR count). The van der Waals surface area contributed by atoms with Crippen LogP contribution in [0.25, 0.3) is 11.0 Å². The average molecular weight is 260 g/mol. The van der Waals surface area contributed by atoms with E-state index in [0.29, 0.717) is 13.0 Å². The molecule has 0 saturated carbocycles. The molecule has 0 saturated heterocycles. The molecule has 0 N–H and O–H groups in total. The molecule has 4 nitrogen and oxygen atoms in total. The summed E-state index contributed by atoms with van der Waals surface area (Å²) < 4.78 is 7.20. The number of rotatable bonds is 5. The predicted octanol–water partition coefficient (Wildman–Crippen LogP) is 3.11. The third-order valence-electron chi connectivity index (χ3n) is 3.24. The highest BCUT2D eigenvalue weighted by molar-refractivity contribution is 5.81. The van der Waals surface area contributed by atoms with E-state index in [-0.39, 0.29) is 12.0 Å². The summed E-state index contributed by atoms with van der Waals surface area (Å²) in [6.07, 6.45) is 1.50. The molecule has 2 aromatic rings. The molecule has 0 aliphatic rings. The van der Waals surface area contributed by atoms with E-state index in [0.717, 1.165) is 23.3 Å². The molecule has 0 fully saturated rings. The summed E-state index contributed by atoms with van der Waals surface area (Å²) in [7, 11) is 0. The number of benzene rings is 1. The maximum absolute atomic E-state index is 12.1. The Kier molecular flexibility index (Phi) is 4.20. The number of carbonyl (C=O) groups excluding carboxylic acids is 1. The average Bonchev–Trinajstić information content (AvgIpc) is 2.79. The van der Waals surface area contributed by atoms with Crippen molar-refractivity contribution >= 4 is 17.0 Å². The molecular weight excluding hydrogens is 240 g/mol. The fourth-order valence-electron chi connectivity index (χ4n) is 2.38. The van der Waals surface area contributed by atoms with Gasteiger partial charge in [-0.25, -0.2) is 9.78 Å². The Hall–Kier alpha value is -1.84. The first-order chi connectivity index (χ1) is 9.22. The van der Waals surface area contributed by atoms with Crippen molar-refractivity contribution in [2.75, 3.05) is 6.61 Å². The molecule has 1 heterocycles. The molecule has 4 heteroatoms. The van der Waals surface area contributed by atoms with E-state index in [4.69, 9.17) is 4.74 Å². The first-order valence-corrected chi connectivity index (χ1v) is 6.85. The lowest BCUT2D eigenvalue weighted by Gasteiger charge is -2.18. The minimum absolute atomic E-state index is 0.178. The van der Waals surface area contributed by atoms with Gasteiger partial charge >= 0.3 is 5.97 Å². The van der Waals surface area contributed by atoms with Crippen LogP contribution in [0.15, 0.2) is 24.3 Å². The summed E-state index contributed by atoms with van der Waals surface area (Å²) in [5, 5.41) is 0. The zero-order chi connectivity index (χ0) is 13.8. The fourth-order valence-corrected chi connectivity index (χ4v) is 2.38. The predicted molar refractivity (Wildman–Crippen MR) is 75.1 cm³/mol. The van der Waals surface area contributed by atoms with Gasteiger partial charge in [0.2, 0.25) is 0 Å². The maximum Gasteiger partial charge on any atom is 0.329 e. The van der Waals surface area contributed by atoms with Gasteiger partial charge in [0, 0.05) is 6.42 Å². The van der Waals surface area contributed by atoms with Crippen LogP contribution in [0.1, 0.15) is 39.1 Å². The Balaban J connectivity index is 2.54. The number of ether oxygens (including phenoxy) is 1. The molecule has 102 valence electrons. The summed E-state index contributed by atoms with van der Waals surface area (Å²) in [6, 6.07) is 7.62. The summed E-state index contributed by atoms with van der Waals surface area (Å²) in [5.41, 5.74) is 1.93. The lowest BCUT2D eigenvalue weighted by atomic mass is 10.2. The third kappa shape index (κ3) is 2.48. The molecule has 0 amide bonds. The third-order valence-corrected chi connectivity index (χ3v) is 3.24. The zero-order valence-electron chi connectivity index (χ0n) is 11.7. The molecule has 0 aliphatic carbocycles. The first kappa shape index (κ1) is 13.6. The Morgan fingerprint density at radius 3 is 2.68 bits per heavy atom. The second-order valence-electron chi connectivity index (χ2n) is 4.42. The molecular formula is C15H20N2O2. The minimum atomic E-state index is -0.290. The van der Waals surface area contributed by atoms with Crippen molar-refractivity contribution in [1.82, 2.24) is 9.55 Å². The van der Waals surface area contributed by atoms with Crippen LogP contribution in [0.2, 0.25) is 0 Å². The number of esters is 1. The zero-order valence-corrected chi connectivity index (χ0v) is 11.7. The summed E-state index contributed by atoms with van der Waals surface area (Å²) in [6.45, 7) is 6.28. The van der Waals surface area contributed by atoms with Crippen LogP contribution in [-0.2, 0) is 16.0 Å². The summed E-state index contributed by atoms with van der Waals surface area (Å²) in [4.78, 5) is 16.7. The molecule has 1 unspecified atom stereocenters. The van der Waals surface area contributed by atoms with Crippen LogP contribution >= 0.6 is 0 Å². The number of carbonyl (C=O) groups is 1. The number of hydrogen-bond donors (Lipinski definition) is 0. The summed E-state index contributed by atoms with van der Waals surface area (Å²) >= 11 is 0. The highest BCUT2D eigenvalue weighted by Crippen LogP contribution is 2.24. The minimum Gasteiger partial charge on any atom is -0.464 e. The van der Waals surface area contributed by atoms with Gasteiger partial charge in [-0.05, 0) is 25.5 Å². The number of fused-ring (bicyclic) bond motifs is 1. The van der Waals surface area contributed by atoms with E-state index in [1.54, 1.807) is 0 Å². The van der Waals surface area contributed by atoms with Crippen molar-refractivity contribution in [1.29, 1.82) is 0 Å². The van der Waals surface area contributed by atoms with Crippen molar-refractivity contribution in [3.63, 3.8) is 0 Å². The number of para-hydroxylation sites is 2. The lowest BCUT2D eigenvalue weighted by molar-refractivity contribution is -0.147. The standard InChI is InChI=1S/C15H20N2O2/c1-4-12(15(18)19-6-3)17-13-10-8-7-9-11(13)16-14(17)5-2/h7-10,12H,4-6H2,1-3H3. The Morgan fingerprint density at radius 2 is 2.05 bits per heavy atom. The van der Waals surface area contributed by atoms with E-state index < -0.39 is 0 Å². The van der Waals surface area contributed by atoms with Crippen LogP contribution in [0, 0.1) is 0 Å². The van der Waals surface area contributed by atoms with E-state index >= 15 is 0 Å². The molecule has 19 heavy (non-hydrogen) atoms. The maximum atomic E-state index is 12.1. The van der Waals surface area contributed by atoms with Crippen molar-refractivity contribution in [2.45, 2.75) is 39.7 Å². The van der Waals surface area contributed by atoms with Crippen LogP contribution in [0.4, 0.5) is 0 Å². The number of aromatic nitrogens is 2. The highest BCUT2D eigenvalue weighted by Gasteiger charge is 2.24. The van der Waals surface area contributed by atoms with Gasteiger partial charge in [-0.1, -0.05) is 26.0 Å². The number of imidazole rings is 1. The van der Waals surface area contributed by atoms with Crippen LogP contribution in [-0.4, -0.2) is 22.1 Å². The molecule has 0 bridgehead atoms. The summed E-state index contributed by atoms with van der Waals surface area (Å²) in [5.74, 6) is 0.754. The van der Waals surface area contributed by atoms with Crippen LogP contribution in [0.5, 0.6) is 0 Å². The lowest BCUT2D eigenvalue weighted by Crippen LogP contribution is -2.23. The molecule has 1 aromatic carbocycles. The van der Waals surface area contributed by atoms with Crippen molar-refractivity contribution in [2.24, 2.45) is 0 Å². The number of aryl methyl sites for hydroxylation is 1. The van der Waals surface area contributed by atoms with E-state index in [1.807, 2.05) is 42.7 Å². The molecule has 0 spiro atoms. The quantitative estimate of drug-likeness (QED) is 0.776. The van der Waals surface area contributed by atoms with Gasteiger partial charge in [-0.3, -0.25) is 0 Å². The largest absolute Gasteiger partial charge is 0.464 e. The van der Waals surface area contributed by atoms with Gasteiger partial charge in [-0.2, -0.15) is 0 Å². The van der Waals surface area contributed by atoms with E-state index in [1.165, 1.54) is 0 Å². The smallest absolute Gasteiger partial charge is 0.329 e. The van der Waals surface area contributed by atoms with Gasteiger partial charge < -0.3 is 9.30 Å². The topological polar surface area (TPSA) is 44.1 Å². The van der Waals surface area contributed by atoms with Gasteiger partial charge in [0.15, 0.2) is 0 Å². The molecule has 0 radical (unpaired) electrons. The second-order valence-corrected chi connectivity index (χ2v) is 4.42. The fraction of sp³-hybridized carbons (Fsp3) is 0.467. The molecule has 1 atom stereocenters. The SMILES string of the molecule is CCOC(=O)C(CC)n1c(CC)nc2ccccc21. The van der Waals surface area contributed by atoms with Gasteiger partial charge in [-0.15, -0.1) is 0 Å². The van der Waals surface area contributed by atoms with Gasteiger partial charge in [0.05, 0.1) is 17.6 Å². The van der Waals surface area contributed by atoms with Crippen LogP contribution < -0.4 is 0 Å². The monoisotopic (exact) mass is 260 g/mol. The van der Waals surface area contributed by atoms with E-state index in [2.05, 4.69) is 11.9 Å². The molecule has 0 aliphatic heterocycles. The molecule has 1 aromatic heterocycles. The Labute approximate surface area is 113 Å². The number of hydrogen-bond acceptors (Lipinski definition) is 3. The normalized spacial score (nSPS) is 12.6. The Bertz CT molecular complexity index is 575. The van der Waals surface area contributed by atoms with Gasteiger partial charge in [0.1, 0.15) is 11.9 Å². The second kappa shape index (κ2) is 5.87. The van der Waals surface area contributed by atoms with Crippen LogP contribution in [0.3, 0.4) is 0 Å². The van der Waals surface area contributed by atoms with E-state index in [9.17, 15) is 4.79 Å². The number of nitrogens with zero attached hydrogens (tertiary/aromatic N) is 2. The van der Waals surface area contributed by atoms with Gasteiger partial charge in [0.25, 0.3) is 0 Å². The highest BCUT2D eigenvalue weighted by atomic mass is 16.5. The Morgan fingerprint density at radius 1 is 1.32 bits per heavy atom. The van der Waals surface area contributed by atoms with Crippen molar-refractivity contribution < 1.29 is 9.53 Å².